The molecule has 0 N–H and O–H groups in total. The van der Waals surface area contributed by atoms with Crippen molar-refractivity contribution in [2.24, 2.45) is 0 Å². The lowest BCUT2D eigenvalue weighted by Crippen LogP contribution is -2.38. The minimum atomic E-state index is -0.390. The largest absolute Gasteiger partial charge is 0.422 e. The van der Waals surface area contributed by atoms with E-state index in [0.29, 0.717) is 16.7 Å². The molecule has 0 amide bonds. The maximum absolute atomic E-state index is 12.8. The van der Waals surface area contributed by atoms with Crippen molar-refractivity contribution in [2.45, 2.75) is 6.54 Å². The fourth-order valence-corrected chi connectivity index (χ4v) is 3.70. The van der Waals surface area contributed by atoms with Crippen molar-refractivity contribution >= 4 is 27.7 Å². The highest BCUT2D eigenvalue weighted by Crippen LogP contribution is 2.21. The smallest absolute Gasteiger partial charge is 0.344 e. The van der Waals surface area contributed by atoms with E-state index >= 15 is 0 Å². The molecule has 0 atom stereocenters. The van der Waals surface area contributed by atoms with Gasteiger partial charge in [-0.1, -0.05) is 54.6 Å². The van der Waals surface area contributed by atoms with Gasteiger partial charge in [-0.2, -0.15) is 4.57 Å². The average Bonchev–Trinajstić information content (AvgIpc) is 2.79. The molecule has 5 aromatic rings. The maximum Gasteiger partial charge on any atom is 0.344 e. The highest BCUT2D eigenvalue weighted by atomic mass is 16.4. The molecule has 2 aromatic heterocycles. The lowest BCUT2D eigenvalue weighted by atomic mass is 10.0. The van der Waals surface area contributed by atoms with E-state index in [-0.39, 0.29) is 18.0 Å². The molecule has 4 nitrogen and oxygen atoms in total. The van der Waals surface area contributed by atoms with Gasteiger partial charge in [0.1, 0.15) is 5.58 Å². The number of para-hydroxylation sites is 2. The Hall–Kier alpha value is -4.05. The summed E-state index contributed by atoms with van der Waals surface area (Å²) in [5.41, 5.74) is 2.99. The van der Waals surface area contributed by atoms with Crippen LogP contribution in [0.2, 0.25) is 0 Å². The summed E-state index contributed by atoms with van der Waals surface area (Å²) >= 11 is 0. The van der Waals surface area contributed by atoms with Crippen LogP contribution in [0.5, 0.6) is 0 Å². The number of nitrogens with zero attached hydrogens (tertiary/aromatic N) is 1. The van der Waals surface area contributed by atoms with E-state index in [4.69, 9.17) is 4.42 Å². The summed E-state index contributed by atoms with van der Waals surface area (Å²) in [6.45, 7) is 0.249. The number of ketones is 1. The molecular formula is C26H18NO3+. The van der Waals surface area contributed by atoms with Crippen LogP contribution in [0, 0.1) is 0 Å². The number of pyridine rings is 1. The van der Waals surface area contributed by atoms with E-state index in [1.807, 2.05) is 71.4 Å². The second-order valence-corrected chi connectivity index (χ2v) is 7.18. The molecule has 0 fully saturated rings. The number of aromatic nitrogens is 1. The van der Waals surface area contributed by atoms with Gasteiger partial charge >= 0.3 is 5.63 Å². The third-order valence-electron chi connectivity index (χ3n) is 5.26. The standard InChI is InChI=1S/C26H18NO3/c28-24(17-27-15-5-8-19-6-1-3-9-23(19)27)20-13-11-18(12-14-20)22-16-21-7-2-4-10-25(21)30-26(22)29/h1-16H,17H2/q+1. The Balaban J connectivity index is 1.44. The molecule has 3 aromatic carbocycles. The Bertz CT molecular complexity index is 1440. The fraction of sp³-hybridized carbons (Fsp3) is 0.0385. The van der Waals surface area contributed by atoms with Crippen molar-refractivity contribution in [1.82, 2.24) is 0 Å². The van der Waals surface area contributed by atoms with E-state index in [1.54, 1.807) is 30.3 Å². The molecule has 0 saturated carbocycles. The van der Waals surface area contributed by atoms with E-state index < -0.39 is 0 Å². The Labute approximate surface area is 172 Å². The summed E-state index contributed by atoms with van der Waals surface area (Å²) in [5.74, 6) is 0.00782. The van der Waals surface area contributed by atoms with Crippen molar-refractivity contribution in [3.05, 3.63) is 113 Å². The van der Waals surface area contributed by atoms with Crippen LogP contribution in [-0.4, -0.2) is 5.78 Å². The van der Waals surface area contributed by atoms with E-state index in [0.717, 1.165) is 21.9 Å². The van der Waals surface area contributed by atoms with Gasteiger partial charge in [0.25, 0.3) is 0 Å². The SMILES string of the molecule is O=C(C[n+]1cccc2ccccc21)c1ccc(-c2cc3ccccc3oc2=O)cc1. The van der Waals surface area contributed by atoms with Crippen molar-refractivity contribution in [3.63, 3.8) is 0 Å². The van der Waals surface area contributed by atoms with Gasteiger partial charge in [0, 0.05) is 28.5 Å². The van der Waals surface area contributed by atoms with E-state index in [9.17, 15) is 9.59 Å². The average molecular weight is 392 g/mol. The minimum Gasteiger partial charge on any atom is -0.422 e. The van der Waals surface area contributed by atoms with Gasteiger partial charge in [-0.25, -0.2) is 4.79 Å². The maximum atomic E-state index is 12.8. The molecule has 30 heavy (non-hydrogen) atoms. The number of carbonyl (C=O) groups is 1. The van der Waals surface area contributed by atoms with E-state index in [1.165, 1.54) is 0 Å². The van der Waals surface area contributed by atoms with Crippen molar-refractivity contribution < 1.29 is 13.8 Å². The first-order valence-electron chi connectivity index (χ1n) is 9.73. The van der Waals surface area contributed by atoms with Gasteiger partial charge in [0.05, 0.1) is 5.56 Å². The number of benzene rings is 3. The predicted octanol–water partition coefficient (Wildman–Crippen LogP) is 4.78. The third kappa shape index (κ3) is 3.29. The number of hydrogen-bond acceptors (Lipinski definition) is 3. The molecular weight excluding hydrogens is 374 g/mol. The lowest BCUT2D eigenvalue weighted by molar-refractivity contribution is -0.657. The molecule has 0 radical (unpaired) electrons. The fourth-order valence-electron chi connectivity index (χ4n) is 3.70. The quantitative estimate of drug-likeness (QED) is 0.251. The van der Waals surface area contributed by atoms with Gasteiger partial charge < -0.3 is 4.42 Å². The van der Waals surface area contributed by atoms with Crippen LogP contribution in [0.15, 0.2) is 106 Å². The number of Topliss-reactive ketones (excluding diaryl/α,β-unsaturated/α-hetero) is 1. The molecule has 2 heterocycles. The molecule has 0 saturated heterocycles. The zero-order valence-electron chi connectivity index (χ0n) is 16.1. The van der Waals surface area contributed by atoms with Crippen LogP contribution in [0.3, 0.4) is 0 Å². The van der Waals surface area contributed by atoms with Crippen LogP contribution in [0.4, 0.5) is 0 Å². The molecule has 0 unspecified atom stereocenters. The summed E-state index contributed by atoms with van der Waals surface area (Å²) in [6, 6.07) is 28.3. The molecule has 0 aliphatic rings. The number of fused-ring (bicyclic) bond motifs is 2. The molecule has 0 bridgehead atoms. The Morgan fingerprint density at radius 1 is 0.800 bits per heavy atom. The molecule has 4 heteroatoms. The summed E-state index contributed by atoms with van der Waals surface area (Å²) in [5, 5.41) is 1.95. The molecule has 5 rings (SSSR count). The summed E-state index contributed by atoms with van der Waals surface area (Å²) in [4.78, 5) is 25.2. The molecule has 144 valence electrons. The normalized spacial score (nSPS) is 11.1. The number of hydrogen-bond donors (Lipinski definition) is 0. The summed E-state index contributed by atoms with van der Waals surface area (Å²) < 4.78 is 7.37. The van der Waals surface area contributed by atoms with Crippen LogP contribution >= 0.6 is 0 Å². The zero-order valence-corrected chi connectivity index (χ0v) is 16.1. The molecule has 0 spiro atoms. The number of rotatable bonds is 4. The molecule has 0 aliphatic carbocycles. The van der Waals surface area contributed by atoms with Crippen molar-refractivity contribution in [2.75, 3.05) is 0 Å². The number of carbonyl (C=O) groups excluding carboxylic acids is 1. The van der Waals surface area contributed by atoms with Crippen LogP contribution < -0.4 is 10.2 Å². The molecule has 0 aliphatic heterocycles. The van der Waals surface area contributed by atoms with Crippen LogP contribution in [0.1, 0.15) is 10.4 Å². The highest BCUT2D eigenvalue weighted by molar-refractivity contribution is 5.96. The Morgan fingerprint density at radius 2 is 1.50 bits per heavy atom. The van der Waals surface area contributed by atoms with Crippen molar-refractivity contribution in [3.8, 4) is 11.1 Å². The summed E-state index contributed by atoms with van der Waals surface area (Å²) in [7, 11) is 0. The van der Waals surface area contributed by atoms with Gasteiger partial charge in [0.2, 0.25) is 17.8 Å². The summed E-state index contributed by atoms with van der Waals surface area (Å²) in [6.07, 6.45) is 1.91. The van der Waals surface area contributed by atoms with Gasteiger partial charge in [-0.05, 0) is 29.8 Å². The van der Waals surface area contributed by atoms with Gasteiger partial charge in [-0.3, -0.25) is 4.79 Å². The second-order valence-electron chi connectivity index (χ2n) is 7.18. The van der Waals surface area contributed by atoms with Crippen LogP contribution in [0.25, 0.3) is 33.0 Å². The lowest BCUT2D eigenvalue weighted by Gasteiger charge is -2.05. The van der Waals surface area contributed by atoms with E-state index in [2.05, 4.69) is 0 Å². The van der Waals surface area contributed by atoms with Crippen molar-refractivity contribution in [1.29, 1.82) is 0 Å². The second kappa shape index (κ2) is 7.41. The van der Waals surface area contributed by atoms with Gasteiger partial charge in [-0.15, -0.1) is 0 Å². The minimum absolute atomic E-state index is 0.00782. The topological polar surface area (TPSA) is 51.2 Å². The predicted molar refractivity (Wildman–Crippen MR) is 116 cm³/mol. The van der Waals surface area contributed by atoms with Crippen LogP contribution in [-0.2, 0) is 6.54 Å². The monoisotopic (exact) mass is 392 g/mol. The Morgan fingerprint density at radius 3 is 2.33 bits per heavy atom. The third-order valence-corrected chi connectivity index (χ3v) is 5.26. The Kier molecular flexibility index (Phi) is 4.45. The zero-order chi connectivity index (χ0) is 20.5. The highest BCUT2D eigenvalue weighted by Gasteiger charge is 2.16. The van der Waals surface area contributed by atoms with Gasteiger partial charge in [0.15, 0.2) is 6.20 Å². The first-order chi connectivity index (χ1) is 14.7. The first-order valence-corrected chi connectivity index (χ1v) is 9.73. The first kappa shape index (κ1) is 18.0.